The summed E-state index contributed by atoms with van der Waals surface area (Å²) in [4.78, 5) is 14.7. The van der Waals surface area contributed by atoms with E-state index in [0.29, 0.717) is 25.3 Å². The monoisotopic (exact) mass is 316 g/mol. The van der Waals surface area contributed by atoms with Crippen molar-refractivity contribution in [3.05, 3.63) is 47.3 Å². The molecule has 7 nitrogen and oxygen atoms in total. The van der Waals surface area contributed by atoms with Crippen molar-refractivity contribution in [2.75, 3.05) is 27.3 Å². The zero-order chi connectivity index (χ0) is 16.2. The maximum atomic E-state index is 12.9. The van der Waals surface area contributed by atoms with Crippen LogP contribution in [-0.4, -0.2) is 59.6 Å². The molecule has 1 aliphatic heterocycles. The molecule has 2 heterocycles. The molecule has 23 heavy (non-hydrogen) atoms. The predicted molar refractivity (Wildman–Crippen MR) is 83.0 cm³/mol. The van der Waals surface area contributed by atoms with Crippen molar-refractivity contribution in [1.82, 2.24) is 20.3 Å². The molecule has 1 aromatic carbocycles. The number of carbonyl (C=O) groups excluding carboxylic acids is 1. The van der Waals surface area contributed by atoms with E-state index in [4.69, 9.17) is 9.47 Å². The van der Waals surface area contributed by atoms with Gasteiger partial charge in [0.05, 0.1) is 30.5 Å². The number of nitrogens with zero attached hydrogens (tertiary/aromatic N) is 3. The fraction of sp³-hybridized carbons (Fsp3) is 0.438. The number of amides is 1. The molecule has 1 saturated heterocycles. The lowest BCUT2D eigenvalue weighted by atomic mass is 10.0. The number of likely N-dealkylation sites (tertiary alicyclic amines) is 1. The predicted octanol–water partition coefficient (Wildman–Crippen LogP) is 1.21. The molecule has 1 aliphatic rings. The standard InChI is InChI=1S/C16H20N4O3/c1-22-10-11-5-3-4-6-12(11)16(21)20-8-13(15(9-20)23-2)14-7-17-19-18-14/h3-7,13,15H,8-10H2,1-2H3,(H,17,18,19)/t13-,15+/m0/s1. The molecule has 2 aromatic rings. The van der Waals surface area contributed by atoms with Crippen LogP contribution in [0, 0.1) is 0 Å². The van der Waals surface area contributed by atoms with Crippen molar-refractivity contribution in [3.8, 4) is 0 Å². The van der Waals surface area contributed by atoms with Crippen LogP contribution in [0.2, 0.25) is 0 Å². The fourth-order valence-electron chi connectivity index (χ4n) is 3.03. The summed E-state index contributed by atoms with van der Waals surface area (Å²) in [7, 11) is 3.28. The highest BCUT2D eigenvalue weighted by Crippen LogP contribution is 2.29. The van der Waals surface area contributed by atoms with Crippen molar-refractivity contribution in [2.45, 2.75) is 18.6 Å². The highest BCUT2D eigenvalue weighted by molar-refractivity contribution is 5.96. The minimum Gasteiger partial charge on any atom is -0.380 e. The first-order chi connectivity index (χ1) is 11.2. The number of rotatable bonds is 5. The van der Waals surface area contributed by atoms with Crippen LogP contribution >= 0.6 is 0 Å². The molecule has 0 aliphatic carbocycles. The minimum absolute atomic E-state index is 0.00862. The Morgan fingerprint density at radius 3 is 2.87 bits per heavy atom. The second-order valence-electron chi connectivity index (χ2n) is 5.58. The van der Waals surface area contributed by atoms with Crippen LogP contribution in [0.3, 0.4) is 0 Å². The van der Waals surface area contributed by atoms with E-state index >= 15 is 0 Å². The molecule has 1 N–H and O–H groups in total. The summed E-state index contributed by atoms with van der Waals surface area (Å²) in [5, 5.41) is 10.6. The third-order valence-electron chi connectivity index (χ3n) is 4.22. The fourth-order valence-corrected chi connectivity index (χ4v) is 3.03. The number of hydrogen-bond donors (Lipinski definition) is 1. The first-order valence-electron chi connectivity index (χ1n) is 7.49. The zero-order valence-corrected chi connectivity index (χ0v) is 13.2. The lowest BCUT2D eigenvalue weighted by Crippen LogP contribution is -2.30. The number of nitrogens with one attached hydrogen (secondary N) is 1. The summed E-state index contributed by atoms with van der Waals surface area (Å²) in [6.45, 7) is 1.51. The maximum absolute atomic E-state index is 12.9. The average molecular weight is 316 g/mol. The molecule has 7 heteroatoms. The van der Waals surface area contributed by atoms with Gasteiger partial charge in [-0.25, -0.2) is 0 Å². The van der Waals surface area contributed by atoms with Crippen LogP contribution in [0.25, 0.3) is 0 Å². The minimum atomic E-state index is -0.0846. The summed E-state index contributed by atoms with van der Waals surface area (Å²) in [6, 6.07) is 7.52. The Morgan fingerprint density at radius 1 is 1.35 bits per heavy atom. The highest BCUT2D eigenvalue weighted by atomic mass is 16.5. The zero-order valence-electron chi connectivity index (χ0n) is 13.2. The first-order valence-corrected chi connectivity index (χ1v) is 7.49. The van der Waals surface area contributed by atoms with E-state index in [0.717, 1.165) is 11.3 Å². The molecule has 0 bridgehead atoms. The Morgan fingerprint density at radius 2 is 2.17 bits per heavy atom. The van der Waals surface area contributed by atoms with Gasteiger partial charge in [0.25, 0.3) is 5.91 Å². The Labute approximate surface area is 134 Å². The Kier molecular flexibility index (Phi) is 4.68. The largest absolute Gasteiger partial charge is 0.380 e. The SMILES string of the molecule is COCc1ccccc1C(=O)N1C[C@@H](OC)[C@H](c2cn[nH]n2)C1. The van der Waals surface area contributed by atoms with Crippen LogP contribution in [-0.2, 0) is 16.1 Å². The van der Waals surface area contributed by atoms with E-state index in [-0.39, 0.29) is 17.9 Å². The number of ether oxygens (including phenoxy) is 2. The van der Waals surface area contributed by atoms with Crippen LogP contribution in [0.5, 0.6) is 0 Å². The molecule has 0 radical (unpaired) electrons. The van der Waals surface area contributed by atoms with Gasteiger partial charge in [0.2, 0.25) is 0 Å². The number of methoxy groups -OCH3 is 2. The molecule has 1 amide bonds. The second-order valence-corrected chi connectivity index (χ2v) is 5.58. The van der Waals surface area contributed by atoms with Crippen molar-refractivity contribution in [1.29, 1.82) is 0 Å². The molecule has 1 aromatic heterocycles. The normalized spacial score (nSPS) is 20.9. The van der Waals surface area contributed by atoms with Gasteiger partial charge in [-0.15, -0.1) is 0 Å². The number of H-pyrrole nitrogens is 1. The third-order valence-corrected chi connectivity index (χ3v) is 4.22. The van der Waals surface area contributed by atoms with Crippen LogP contribution in [0.15, 0.2) is 30.5 Å². The maximum Gasteiger partial charge on any atom is 0.254 e. The summed E-state index contributed by atoms with van der Waals surface area (Å²) >= 11 is 0. The lowest BCUT2D eigenvalue weighted by molar-refractivity contribution is 0.0710. The van der Waals surface area contributed by atoms with E-state index in [1.807, 2.05) is 29.2 Å². The van der Waals surface area contributed by atoms with Gasteiger partial charge in [-0.05, 0) is 11.6 Å². The summed E-state index contributed by atoms with van der Waals surface area (Å²) < 4.78 is 10.7. The highest BCUT2D eigenvalue weighted by Gasteiger charge is 2.38. The van der Waals surface area contributed by atoms with Gasteiger partial charge >= 0.3 is 0 Å². The Bertz CT molecular complexity index is 659. The molecular weight excluding hydrogens is 296 g/mol. The topological polar surface area (TPSA) is 80.3 Å². The van der Waals surface area contributed by atoms with Gasteiger partial charge in [0.15, 0.2) is 0 Å². The molecular formula is C16H20N4O3. The van der Waals surface area contributed by atoms with E-state index in [1.165, 1.54) is 0 Å². The number of carbonyl (C=O) groups is 1. The molecule has 2 atom stereocenters. The quantitative estimate of drug-likeness (QED) is 0.896. The molecule has 0 saturated carbocycles. The molecule has 1 fully saturated rings. The van der Waals surface area contributed by atoms with Crippen molar-refractivity contribution >= 4 is 5.91 Å². The van der Waals surface area contributed by atoms with Gasteiger partial charge in [-0.2, -0.15) is 15.4 Å². The summed E-state index contributed by atoms with van der Waals surface area (Å²) in [5.41, 5.74) is 2.38. The van der Waals surface area contributed by atoms with E-state index in [9.17, 15) is 4.79 Å². The number of hydrogen-bond acceptors (Lipinski definition) is 5. The summed E-state index contributed by atoms with van der Waals surface area (Å²) in [6.07, 6.45) is 1.60. The molecule has 122 valence electrons. The van der Waals surface area contributed by atoms with Crippen molar-refractivity contribution < 1.29 is 14.3 Å². The van der Waals surface area contributed by atoms with Gasteiger partial charge in [-0.3, -0.25) is 4.79 Å². The molecule has 3 rings (SSSR count). The second kappa shape index (κ2) is 6.89. The van der Waals surface area contributed by atoms with Gasteiger partial charge < -0.3 is 14.4 Å². The number of aromatic amines is 1. The lowest BCUT2D eigenvalue weighted by Gasteiger charge is -2.18. The van der Waals surface area contributed by atoms with E-state index < -0.39 is 0 Å². The van der Waals surface area contributed by atoms with Gasteiger partial charge in [-0.1, -0.05) is 18.2 Å². The summed E-state index contributed by atoms with van der Waals surface area (Å²) in [5.74, 6) is 0.0167. The van der Waals surface area contributed by atoms with Crippen LogP contribution in [0.4, 0.5) is 0 Å². The Balaban J connectivity index is 1.81. The average Bonchev–Trinajstić information content (AvgIpc) is 3.24. The van der Waals surface area contributed by atoms with Gasteiger partial charge in [0, 0.05) is 32.9 Å². The van der Waals surface area contributed by atoms with Crippen LogP contribution in [0.1, 0.15) is 27.5 Å². The number of aromatic nitrogens is 3. The third kappa shape index (κ3) is 3.11. The van der Waals surface area contributed by atoms with Crippen molar-refractivity contribution in [3.63, 3.8) is 0 Å². The number of benzene rings is 1. The Hall–Kier alpha value is -2.25. The van der Waals surface area contributed by atoms with Crippen LogP contribution < -0.4 is 0 Å². The van der Waals surface area contributed by atoms with Gasteiger partial charge in [0.1, 0.15) is 0 Å². The first kappa shape index (κ1) is 15.6. The van der Waals surface area contributed by atoms with Crippen molar-refractivity contribution in [2.24, 2.45) is 0 Å². The van der Waals surface area contributed by atoms with E-state index in [2.05, 4.69) is 15.4 Å². The molecule has 0 spiro atoms. The van der Waals surface area contributed by atoms with E-state index in [1.54, 1.807) is 20.4 Å². The smallest absolute Gasteiger partial charge is 0.254 e. The molecule has 0 unspecified atom stereocenters.